The zero-order valence-corrected chi connectivity index (χ0v) is 16.0. The molecule has 0 saturated carbocycles. The lowest BCUT2D eigenvalue weighted by atomic mass is 10.1. The molecular formula is C17H18ClN5O3S. The first-order chi connectivity index (χ1) is 12.7. The molecule has 0 aliphatic carbocycles. The number of para-hydroxylation sites is 1. The Labute approximate surface area is 166 Å². The SMILES string of the molecule is Cc1ncc(CO)c(/C=N/OCc2nnc(Nc3ccccc3)s2)c1O.Cl. The molecule has 0 atom stereocenters. The van der Waals surface area contributed by atoms with Gasteiger partial charge in [-0.05, 0) is 19.1 Å². The van der Waals surface area contributed by atoms with Crippen molar-refractivity contribution in [1.82, 2.24) is 15.2 Å². The first kappa shape index (κ1) is 20.6. The van der Waals surface area contributed by atoms with Crippen LogP contribution in [0.25, 0.3) is 0 Å². The Morgan fingerprint density at radius 2 is 2.04 bits per heavy atom. The van der Waals surface area contributed by atoms with Crippen LogP contribution in [0.2, 0.25) is 0 Å². The van der Waals surface area contributed by atoms with E-state index in [0.29, 0.717) is 27.0 Å². The lowest BCUT2D eigenvalue weighted by molar-refractivity contribution is 0.131. The van der Waals surface area contributed by atoms with Crippen LogP contribution in [0.1, 0.15) is 21.8 Å². The van der Waals surface area contributed by atoms with Crippen LogP contribution in [0.5, 0.6) is 5.75 Å². The monoisotopic (exact) mass is 407 g/mol. The third-order valence-corrected chi connectivity index (χ3v) is 4.28. The van der Waals surface area contributed by atoms with E-state index in [9.17, 15) is 10.2 Å². The Kier molecular flexibility index (Phi) is 7.47. The summed E-state index contributed by atoms with van der Waals surface area (Å²) < 4.78 is 0. The maximum Gasteiger partial charge on any atom is 0.210 e. The van der Waals surface area contributed by atoms with Crippen molar-refractivity contribution in [3.05, 3.63) is 58.4 Å². The third-order valence-electron chi connectivity index (χ3n) is 3.46. The van der Waals surface area contributed by atoms with E-state index in [2.05, 4.69) is 25.7 Å². The normalized spacial score (nSPS) is 10.6. The van der Waals surface area contributed by atoms with Crippen LogP contribution in [0.15, 0.2) is 41.7 Å². The number of nitrogens with zero attached hydrogens (tertiary/aromatic N) is 4. The number of rotatable bonds is 7. The number of benzene rings is 1. The maximum absolute atomic E-state index is 10.0. The Morgan fingerprint density at radius 1 is 1.26 bits per heavy atom. The van der Waals surface area contributed by atoms with Crippen molar-refractivity contribution in [2.75, 3.05) is 5.32 Å². The minimum atomic E-state index is -0.257. The van der Waals surface area contributed by atoms with Crippen molar-refractivity contribution in [3.8, 4) is 5.75 Å². The molecule has 27 heavy (non-hydrogen) atoms. The topological polar surface area (TPSA) is 113 Å². The number of halogens is 1. The van der Waals surface area contributed by atoms with Gasteiger partial charge >= 0.3 is 0 Å². The highest BCUT2D eigenvalue weighted by Gasteiger charge is 2.10. The van der Waals surface area contributed by atoms with E-state index in [0.717, 1.165) is 5.69 Å². The smallest absolute Gasteiger partial charge is 0.210 e. The second-order valence-corrected chi connectivity index (χ2v) is 6.35. The number of pyridine rings is 1. The minimum absolute atomic E-state index is 0. The summed E-state index contributed by atoms with van der Waals surface area (Å²) in [4.78, 5) is 9.21. The number of oxime groups is 1. The number of anilines is 2. The van der Waals surface area contributed by atoms with E-state index in [1.165, 1.54) is 23.7 Å². The van der Waals surface area contributed by atoms with E-state index >= 15 is 0 Å². The molecule has 0 spiro atoms. The van der Waals surface area contributed by atoms with Crippen LogP contribution in [0, 0.1) is 6.92 Å². The highest BCUT2D eigenvalue weighted by molar-refractivity contribution is 7.15. The number of aromatic hydroxyl groups is 1. The van der Waals surface area contributed by atoms with Gasteiger partial charge in [0.05, 0.1) is 18.5 Å². The maximum atomic E-state index is 10.0. The van der Waals surface area contributed by atoms with E-state index in [-0.39, 0.29) is 31.4 Å². The number of aliphatic hydroxyl groups excluding tert-OH is 1. The van der Waals surface area contributed by atoms with Gasteiger partial charge < -0.3 is 20.4 Å². The summed E-state index contributed by atoms with van der Waals surface area (Å²) in [6, 6.07) is 9.67. The summed E-state index contributed by atoms with van der Waals surface area (Å²) in [5, 5.41) is 35.7. The van der Waals surface area contributed by atoms with Crippen LogP contribution in [0.4, 0.5) is 10.8 Å². The molecule has 3 rings (SSSR count). The van der Waals surface area contributed by atoms with E-state index in [1.807, 2.05) is 30.3 Å². The largest absolute Gasteiger partial charge is 0.505 e. The van der Waals surface area contributed by atoms with Crippen molar-refractivity contribution < 1.29 is 15.1 Å². The van der Waals surface area contributed by atoms with Crippen molar-refractivity contribution >= 4 is 40.8 Å². The molecule has 1 aromatic carbocycles. The molecule has 0 radical (unpaired) electrons. The summed E-state index contributed by atoms with van der Waals surface area (Å²) in [6.07, 6.45) is 2.84. The van der Waals surface area contributed by atoms with Crippen LogP contribution >= 0.6 is 23.7 Å². The molecule has 0 bridgehead atoms. The molecule has 0 aliphatic rings. The molecule has 0 saturated heterocycles. The molecule has 3 aromatic rings. The minimum Gasteiger partial charge on any atom is -0.505 e. The Morgan fingerprint density at radius 3 is 2.78 bits per heavy atom. The fraction of sp³-hybridized carbons (Fsp3) is 0.176. The molecular weight excluding hydrogens is 390 g/mol. The van der Waals surface area contributed by atoms with Gasteiger partial charge in [-0.2, -0.15) is 0 Å². The molecule has 2 heterocycles. The van der Waals surface area contributed by atoms with Crippen LogP contribution in [-0.4, -0.2) is 31.6 Å². The molecule has 0 aliphatic heterocycles. The van der Waals surface area contributed by atoms with Gasteiger partial charge in [0, 0.05) is 23.0 Å². The second kappa shape index (κ2) is 9.81. The van der Waals surface area contributed by atoms with E-state index in [4.69, 9.17) is 4.84 Å². The first-order valence-corrected chi connectivity index (χ1v) is 8.57. The number of hydrogen-bond donors (Lipinski definition) is 3. The van der Waals surface area contributed by atoms with Crippen molar-refractivity contribution in [3.63, 3.8) is 0 Å². The zero-order valence-electron chi connectivity index (χ0n) is 14.4. The lowest BCUT2D eigenvalue weighted by Gasteiger charge is -2.06. The fourth-order valence-corrected chi connectivity index (χ4v) is 2.78. The average molecular weight is 408 g/mol. The zero-order chi connectivity index (χ0) is 18.4. The Balaban J connectivity index is 0.00000261. The molecule has 3 N–H and O–H groups in total. The summed E-state index contributed by atoms with van der Waals surface area (Å²) in [5.74, 6) is -0.0332. The lowest BCUT2D eigenvalue weighted by Crippen LogP contribution is -1.98. The van der Waals surface area contributed by atoms with Gasteiger partial charge in [-0.25, -0.2) is 0 Å². The quantitative estimate of drug-likeness (QED) is 0.407. The van der Waals surface area contributed by atoms with Gasteiger partial charge in [-0.3, -0.25) is 4.98 Å². The summed E-state index contributed by atoms with van der Waals surface area (Å²) >= 11 is 1.36. The van der Waals surface area contributed by atoms with Gasteiger partial charge in [-0.15, -0.1) is 22.6 Å². The Hall–Kier alpha value is -2.75. The highest BCUT2D eigenvalue weighted by atomic mass is 35.5. The van der Waals surface area contributed by atoms with Crippen molar-refractivity contribution in [2.24, 2.45) is 5.16 Å². The van der Waals surface area contributed by atoms with Gasteiger partial charge in [0.1, 0.15) is 5.75 Å². The van der Waals surface area contributed by atoms with Crippen molar-refractivity contribution in [2.45, 2.75) is 20.1 Å². The van der Waals surface area contributed by atoms with Crippen LogP contribution < -0.4 is 5.32 Å². The van der Waals surface area contributed by atoms with Gasteiger partial charge in [-0.1, -0.05) is 34.7 Å². The predicted octanol–water partition coefficient (Wildman–Crippen LogP) is 3.16. The standard InChI is InChI=1S/C17H17N5O3S.ClH/c1-11-16(24)14(12(9-23)7-18-11)8-19-25-10-15-21-22-17(26-15)20-13-5-3-2-4-6-13;/h2-8,23-24H,9-10H2,1H3,(H,20,22);1H/b19-8+;. The molecule has 0 amide bonds. The average Bonchev–Trinajstić information content (AvgIpc) is 3.10. The van der Waals surface area contributed by atoms with Crippen LogP contribution in [-0.2, 0) is 18.1 Å². The molecule has 10 heteroatoms. The number of aromatic nitrogens is 3. The highest BCUT2D eigenvalue weighted by Crippen LogP contribution is 2.23. The number of aliphatic hydroxyl groups is 1. The third kappa shape index (κ3) is 5.36. The number of hydrogen-bond acceptors (Lipinski definition) is 9. The molecule has 0 unspecified atom stereocenters. The van der Waals surface area contributed by atoms with E-state index < -0.39 is 0 Å². The van der Waals surface area contributed by atoms with E-state index in [1.54, 1.807) is 6.92 Å². The predicted molar refractivity (Wildman–Crippen MR) is 106 cm³/mol. The molecule has 2 aromatic heterocycles. The first-order valence-electron chi connectivity index (χ1n) is 7.75. The molecule has 8 nitrogen and oxygen atoms in total. The Bertz CT molecular complexity index is 905. The second-order valence-electron chi connectivity index (χ2n) is 5.29. The van der Waals surface area contributed by atoms with Gasteiger partial charge in [0.25, 0.3) is 0 Å². The molecule has 142 valence electrons. The number of aryl methyl sites for hydroxylation is 1. The summed E-state index contributed by atoms with van der Waals surface area (Å²) in [6.45, 7) is 1.55. The summed E-state index contributed by atoms with van der Waals surface area (Å²) in [5.41, 5.74) is 2.22. The molecule has 0 fully saturated rings. The van der Waals surface area contributed by atoms with Gasteiger partial charge in [0.15, 0.2) is 11.6 Å². The van der Waals surface area contributed by atoms with Gasteiger partial charge in [0.2, 0.25) is 5.13 Å². The number of nitrogens with one attached hydrogen (secondary N) is 1. The van der Waals surface area contributed by atoms with Crippen molar-refractivity contribution in [1.29, 1.82) is 0 Å². The summed E-state index contributed by atoms with van der Waals surface area (Å²) in [7, 11) is 0. The van der Waals surface area contributed by atoms with Crippen LogP contribution in [0.3, 0.4) is 0 Å². The fourth-order valence-electron chi connectivity index (χ4n) is 2.11.